The number of hydrogen-bond donors (Lipinski definition) is 0. The van der Waals surface area contributed by atoms with Gasteiger partial charge in [-0.05, 0) is 0 Å². The average Bonchev–Trinajstić information content (AvgIpc) is 2.49. The molecule has 0 aliphatic heterocycles. The average molecular weight is 361 g/mol. The molecule has 2 atom stereocenters. The van der Waals surface area contributed by atoms with Gasteiger partial charge in [-0.25, -0.2) is 0 Å². The summed E-state index contributed by atoms with van der Waals surface area (Å²) >= 11 is 1.82. The van der Waals surface area contributed by atoms with Crippen LogP contribution in [0.25, 0.3) is 5.73 Å². The fraction of sp³-hybridized carbons (Fsp3) is 0.125. The van der Waals surface area contributed by atoms with Crippen LogP contribution in [0, 0.1) is 14.4 Å². The van der Waals surface area contributed by atoms with Crippen molar-refractivity contribution in [3.05, 3.63) is 91.9 Å². The van der Waals surface area contributed by atoms with Gasteiger partial charge in [0.1, 0.15) is 0 Å². The molecule has 0 heterocycles. The molecular formula is C16H18ClNRu. The third-order valence-electron chi connectivity index (χ3n) is 2.79. The van der Waals surface area contributed by atoms with Gasteiger partial charge in [0, 0.05) is 0 Å². The van der Waals surface area contributed by atoms with Crippen molar-refractivity contribution >= 4 is 9.69 Å². The Morgan fingerprint density at radius 2 is 1.21 bits per heavy atom. The first-order chi connectivity index (χ1) is 8.79. The number of halogens is 1. The Labute approximate surface area is 130 Å². The summed E-state index contributed by atoms with van der Waals surface area (Å²) in [6, 6.07) is 19.6. The molecule has 0 amide bonds. The van der Waals surface area contributed by atoms with Crippen LogP contribution < -0.4 is 0 Å². The van der Waals surface area contributed by atoms with Crippen molar-refractivity contribution < 1.29 is 17.3 Å². The molecule has 3 heteroatoms. The van der Waals surface area contributed by atoms with E-state index < -0.39 is 0 Å². The molecule has 0 radical (unpaired) electrons. The van der Waals surface area contributed by atoms with E-state index in [1.807, 2.05) is 78.0 Å². The van der Waals surface area contributed by atoms with Crippen molar-refractivity contribution in [1.82, 2.24) is 0 Å². The first kappa shape index (κ1) is 18.3. The van der Waals surface area contributed by atoms with Crippen molar-refractivity contribution in [1.29, 1.82) is 0 Å². The standard InChI is InChI=1S/C15H15N.CH3.ClH.Ru/c1-12(13-8-4-2-5-9-13)15(16)14-10-6-3-7-11-14;;;/h2-12,15-16H,1H2;1H3;1H;/q-2;-1;;+4/p-1/t12-,15+;;;/m1.../s1. The Hall–Kier alpha value is -0.687. The predicted octanol–water partition coefficient (Wildman–Crippen LogP) is 5.54. The van der Waals surface area contributed by atoms with E-state index in [0.29, 0.717) is 0 Å². The summed E-state index contributed by atoms with van der Waals surface area (Å²) in [6.45, 7) is 4.10. The van der Waals surface area contributed by atoms with Crippen LogP contribution in [0.3, 0.4) is 0 Å². The van der Waals surface area contributed by atoms with E-state index in [0.717, 1.165) is 11.1 Å². The third-order valence-corrected chi connectivity index (χ3v) is 2.79. The third kappa shape index (κ3) is 5.44. The van der Waals surface area contributed by atoms with E-state index in [1.54, 1.807) is 0 Å². The van der Waals surface area contributed by atoms with Crippen LogP contribution in [0.4, 0.5) is 0 Å². The summed E-state index contributed by atoms with van der Waals surface area (Å²) in [5, 5.41) is 0. The summed E-state index contributed by atoms with van der Waals surface area (Å²) < 4.78 is 0. The van der Waals surface area contributed by atoms with Gasteiger partial charge in [0.2, 0.25) is 0 Å². The topological polar surface area (TPSA) is 23.8 Å². The molecule has 1 N–H and O–H groups in total. The maximum atomic E-state index is 8.19. The number of rotatable bonds is 3. The number of nitrogens with one attached hydrogen (secondary N) is 1. The minimum absolute atomic E-state index is 0. The summed E-state index contributed by atoms with van der Waals surface area (Å²) in [4.78, 5) is 0. The van der Waals surface area contributed by atoms with E-state index in [4.69, 9.17) is 5.73 Å². The number of hydrogen-bond acceptors (Lipinski definition) is 0. The van der Waals surface area contributed by atoms with Gasteiger partial charge in [-0.2, -0.15) is 5.92 Å². The Kier molecular flexibility index (Phi) is 9.78. The molecule has 0 bridgehead atoms. The Morgan fingerprint density at radius 3 is 1.63 bits per heavy atom. The minimum atomic E-state index is -0.302. The van der Waals surface area contributed by atoms with Crippen LogP contribution in [-0.2, 0) is 17.3 Å². The summed E-state index contributed by atoms with van der Waals surface area (Å²) in [6.07, 6.45) is 0. The van der Waals surface area contributed by atoms with Crippen molar-refractivity contribution in [2.24, 2.45) is 0 Å². The van der Waals surface area contributed by atoms with Crippen LogP contribution in [0.2, 0.25) is 0 Å². The molecule has 102 valence electrons. The molecule has 0 aliphatic carbocycles. The molecule has 2 aromatic rings. The van der Waals surface area contributed by atoms with Crippen molar-refractivity contribution in [2.45, 2.75) is 12.0 Å². The quantitative estimate of drug-likeness (QED) is 0.507. The second-order valence-electron chi connectivity index (χ2n) is 3.91. The van der Waals surface area contributed by atoms with Crippen LogP contribution in [0.15, 0.2) is 60.7 Å². The van der Waals surface area contributed by atoms with Crippen LogP contribution in [0.1, 0.15) is 23.1 Å². The summed E-state index contributed by atoms with van der Waals surface area (Å²) in [5.74, 6) is -0.0244. The molecule has 0 fully saturated rings. The molecule has 0 unspecified atom stereocenters. The zero-order valence-electron chi connectivity index (χ0n) is 10.9. The van der Waals surface area contributed by atoms with E-state index >= 15 is 0 Å². The van der Waals surface area contributed by atoms with Gasteiger partial charge >= 0.3 is 27.0 Å². The molecule has 0 aliphatic rings. The first-order valence-electron chi connectivity index (χ1n) is 5.56. The first-order valence-corrected chi connectivity index (χ1v) is 7.80. The summed E-state index contributed by atoms with van der Waals surface area (Å²) in [7, 11) is 4.57. The molecule has 0 saturated heterocycles. The van der Waals surface area contributed by atoms with E-state index in [9.17, 15) is 0 Å². The van der Waals surface area contributed by atoms with Gasteiger partial charge in [-0.3, -0.25) is 0 Å². The van der Waals surface area contributed by atoms with Gasteiger partial charge < -0.3 is 20.1 Å². The van der Waals surface area contributed by atoms with Crippen molar-refractivity contribution in [3.8, 4) is 0 Å². The second kappa shape index (κ2) is 10.1. The van der Waals surface area contributed by atoms with E-state index in [1.165, 1.54) is 0 Å². The van der Waals surface area contributed by atoms with Gasteiger partial charge in [0.25, 0.3) is 0 Å². The molecule has 0 saturated carbocycles. The molecule has 0 spiro atoms. The molecule has 2 aromatic carbocycles. The SMILES string of the molecule is [CH2-][C@H](c1ccccc1)[C@H]([NH-])c1ccccc1.[CH3-].[Cl][Ru+3]. The molecule has 1 nitrogen and oxygen atoms in total. The Balaban J connectivity index is 0.00000103. The van der Waals surface area contributed by atoms with Crippen LogP contribution in [0.5, 0.6) is 0 Å². The predicted molar refractivity (Wildman–Crippen MR) is 80.3 cm³/mol. The fourth-order valence-electron chi connectivity index (χ4n) is 1.79. The summed E-state index contributed by atoms with van der Waals surface area (Å²) in [5.41, 5.74) is 10.3. The second-order valence-corrected chi connectivity index (χ2v) is 3.91. The van der Waals surface area contributed by atoms with Crippen LogP contribution >= 0.6 is 9.69 Å². The van der Waals surface area contributed by atoms with E-state index in [-0.39, 0.29) is 19.4 Å². The Morgan fingerprint density at radius 1 is 0.842 bits per heavy atom. The van der Waals surface area contributed by atoms with Gasteiger partial charge in [-0.15, -0.1) is 6.04 Å². The molecule has 0 aromatic heterocycles. The molecule has 2 rings (SSSR count). The van der Waals surface area contributed by atoms with Gasteiger partial charge in [0.05, 0.1) is 0 Å². The van der Waals surface area contributed by atoms with Crippen molar-refractivity contribution in [3.63, 3.8) is 0 Å². The molecular weight excluding hydrogens is 343 g/mol. The maximum absolute atomic E-state index is 8.19. The monoisotopic (exact) mass is 361 g/mol. The van der Waals surface area contributed by atoms with Gasteiger partial charge in [0.15, 0.2) is 0 Å². The Bertz CT molecular complexity index is 390. The number of benzene rings is 2. The van der Waals surface area contributed by atoms with Crippen molar-refractivity contribution in [2.75, 3.05) is 0 Å². The zero-order chi connectivity index (χ0) is 13.4. The fourth-order valence-corrected chi connectivity index (χ4v) is 1.79. The van der Waals surface area contributed by atoms with Crippen LogP contribution in [-0.4, -0.2) is 0 Å². The van der Waals surface area contributed by atoms with E-state index in [2.05, 4.69) is 16.6 Å². The molecule has 19 heavy (non-hydrogen) atoms. The normalized spacial score (nSPS) is 12.4. The van der Waals surface area contributed by atoms with Gasteiger partial charge in [-0.1, -0.05) is 71.8 Å². The zero-order valence-corrected chi connectivity index (χ0v) is 13.4.